The van der Waals surface area contributed by atoms with Crippen LogP contribution in [0.15, 0.2) is 16.9 Å². The van der Waals surface area contributed by atoms with Gasteiger partial charge in [0.05, 0.1) is 24.6 Å². The lowest BCUT2D eigenvalue weighted by molar-refractivity contribution is -0.0348. The van der Waals surface area contributed by atoms with Gasteiger partial charge in [-0.15, -0.1) is 0 Å². The predicted octanol–water partition coefficient (Wildman–Crippen LogP) is 4.24. The van der Waals surface area contributed by atoms with Gasteiger partial charge in [-0.1, -0.05) is 0 Å². The van der Waals surface area contributed by atoms with Crippen molar-refractivity contribution in [3.05, 3.63) is 39.6 Å². The molecule has 0 aliphatic carbocycles. The highest BCUT2D eigenvalue weighted by Gasteiger charge is 2.44. The van der Waals surface area contributed by atoms with Crippen LogP contribution in [0, 0.1) is 11.7 Å². The summed E-state index contributed by atoms with van der Waals surface area (Å²) in [5.41, 5.74) is 0.527. The van der Waals surface area contributed by atoms with Gasteiger partial charge < -0.3 is 10.2 Å². The number of hydrogen-bond acceptors (Lipinski definition) is 3. The van der Waals surface area contributed by atoms with Crippen LogP contribution in [0.1, 0.15) is 29.8 Å². The zero-order chi connectivity index (χ0) is 20.8. The number of fused-ring (bicyclic) bond motifs is 3. The van der Waals surface area contributed by atoms with Crippen molar-refractivity contribution in [2.24, 2.45) is 5.92 Å². The molecule has 4 heterocycles. The van der Waals surface area contributed by atoms with Crippen LogP contribution in [0.4, 0.5) is 28.0 Å². The number of alkyl halides is 3. The lowest BCUT2D eigenvalue weighted by Gasteiger charge is -2.28. The Bertz CT molecular complexity index is 951. The fourth-order valence-electron chi connectivity index (χ4n) is 3.88. The minimum absolute atomic E-state index is 0.0414. The minimum Gasteiger partial charge on any atom is -0.320 e. The van der Waals surface area contributed by atoms with E-state index in [1.807, 2.05) is 0 Å². The number of anilines is 1. The number of pyridine rings is 1. The van der Waals surface area contributed by atoms with E-state index in [9.17, 15) is 22.4 Å². The lowest BCUT2D eigenvalue weighted by Crippen LogP contribution is -2.39. The molecule has 6 nitrogen and oxygen atoms in total. The summed E-state index contributed by atoms with van der Waals surface area (Å²) in [6, 6.07) is 0.705. The number of aromatic nitrogens is 3. The second-order valence-electron chi connectivity index (χ2n) is 7.28. The molecule has 4 rings (SSSR count). The first-order chi connectivity index (χ1) is 13.8. The minimum atomic E-state index is -3.23. The number of carbonyl (C=O) groups is 1. The van der Waals surface area contributed by atoms with E-state index < -0.39 is 36.8 Å². The highest BCUT2D eigenvalue weighted by atomic mass is 79.9. The van der Waals surface area contributed by atoms with Crippen LogP contribution in [-0.4, -0.2) is 38.9 Å². The topological polar surface area (TPSA) is 63.1 Å². The zero-order valence-corrected chi connectivity index (χ0v) is 16.9. The predicted molar refractivity (Wildman–Crippen MR) is 99.8 cm³/mol. The molecule has 2 aromatic heterocycles. The maximum Gasteiger partial charge on any atom is 0.322 e. The molecule has 0 bridgehead atoms. The van der Waals surface area contributed by atoms with Gasteiger partial charge >= 0.3 is 6.03 Å². The number of urea groups is 1. The monoisotopic (exact) mass is 475 g/mol. The lowest BCUT2D eigenvalue weighted by atomic mass is 9.95. The van der Waals surface area contributed by atoms with Crippen molar-refractivity contribution in [1.29, 1.82) is 0 Å². The smallest absolute Gasteiger partial charge is 0.320 e. The second kappa shape index (κ2) is 7.58. The van der Waals surface area contributed by atoms with Gasteiger partial charge in [-0.05, 0) is 34.3 Å². The molecular weight excluding hydrogens is 458 g/mol. The Balaban J connectivity index is 1.58. The number of aryl methyl sites for hydroxylation is 1. The van der Waals surface area contributed by atoms with Crippen LogP contribution in [0.2, 0.25) is 0 Å². The molecule has 2 amide bonds. The van der Waals surface area contributed by atoms with E-state index in [0.29, 0.717) is 24.1 Å². The van der Waals surface area contributed by atoms with Gasteiger partial charge in [0.2, 0.25) is 0 Å². The number of nitrogens with zero attached hydrogens (tertiary/aromatic N) is 4. The van der Waals surface area contributed by atoms with Gasteiger partial charge in [0, 0.05) is 37.7 Å². The van der Waals surface area contributed by atoms with Gasteiger partial charge in [-0.25, -0.2) is 14.2 Å². The van der Waals surface area contributed by atoms with Crippen molar-refractivity contribution < 1.29 is 22.4 Å². The Hall–Kier alpha value is -2.17. The van der Waals surface area contributed by atoms with Crippen LogP contribution >= 0.6 is 15.9 Å². The average molecular weight is 476 g/mol. The Kier molecular flexibility index (Phi) is 5.26. The number of rotatable bonds is 2. The number of nitrogens with one attached hydrogen (secondary N) is 1. The molecule has 11 heteroatoms. The standard InChI is InChI=1S/C18H18BrF4N5O/c19-16-14(21)13(1-4-24-16)25-17(29)27-5-3-12-11(9-27)15-18(22,23)7-10(8-20)2-6-28(15)26-12/h1,4,10H,2-3,5-9H2,(H,24,25,29). The summed E-state index contributed by atoms with van der Waals surface area (Å²) in [4.78, 5) is 17.7. The number of halogens is 5. The van der Waals surface area contributed by atoms with E-state index in [2.05, 4.69) is 31.3 Å². The summed E-state index contributed by atoms with van der Waals surface area (Å²) < 4.78 is 58.1. The van der Waals surface area contributed by atoms with Crippen LogP contribution < -0.4 is 5.32 Å². The van der Waals surface area contributed by atoms with Gasteiger partial charge in [0.1, 0.15) is 10.3 Å². The Morgan fingerprint density at radius 3 is 2.93 bits per heavy atom. The van der Waals surface area contributed by atoms with Crippen molar-refractivity contribution in [3.8, 4) is 0 Å². The van der Waals surface area contributed by atoms with E-state index >= 15 is 0 Å². The van der Waals surface area contributed by atoms with Crippen LogP contribution in [0.25, 0.3) is 0 Å². The molecule has 29 heavy (non-hydrogen) atoms. The highest BCUT2D eigenvalue weighted by Crippen LogP contribution is 2.42. The number of amides is 2. The van der Waals surface area contributed by atoms with E-state index in [-0.39, 0.29) is 35.6 Å². The normalized spacial score (nSPS) is 20.6. The molecule has 2 aliphatic rings. The summed E-state index contributed by atoms with van der Waals surface area (Å²) >= 11 is 2.95. The fourth-order valence-corrected chi connectivity index (χ4v) is 4.21. The maximum absolute atomic E-state index is 14.9. The molecule has 156 valence electrons. The summed E-state index contributed by atoms with van der Waals surface area (Å²) in [7, 11) is 0. The first-order valence-corrected chi connectivity index (χ1v) is 9.98. The SMILES string of the molecule is O=C(Nc1ccnc(Br)c1F)N1CCc2nn3c(c2C1)C(F)(F)CC(CF)CC3. The molecule has 0 aromatic carbocycles. The van der Waals surface area contributed by atoms with E-state index in [0.717, 1.165) is 0 Å². The van der Waals surface area contributed by atoms with Gasteiger partial charge in [0.15, 0.2) is 5.82 Å². The molecule has 0 saturated carbocycles. The number of hydrogen-bond donors (Lipinski definition) is 1. The van der Waals surface area contributed by atoms with Crippen molar-refractivity contribution in [1.82, 2.24) is 19.7 Å². The first-order valence-electron chi connectivity index (χ1n) is 9.19. The molecule has 0 spiro atoms. The quantitative estimate of drug-likeness (QED) is 0.521. The van der Waals surface area contributed by atoms with Crippen LogP contribution in [0.5, 0.6) is 0 Å². The third kappa shape index (κ3) is 3.72. The average Bonchev–Trinajstić information content (AvgIpc) is 3.00. The van der Waals surface area contributed by atoms with Crippen molar-refractivity contribution in [3.63, 3.8) is 0 Å². The maximum atomic E-state index is 14.9. The molecular formula is C18H18BrF4N5O. The van der Waals surface area contributed by atoms with Crippen molar-refractivity contribution >= 4 is 27.6 Å². The van der Waals surface area contributed by atoms with Gasteiger partial charge in [0.25, 0.3) is 5.92 Å². The Morgan fingerprint density at radius 1 is 1.38 bits per heavy atom. The summed E-state index contributed by atoms with van der Waals surface area (Å²) in [5.74, 6) is -4.67. The Labute approximate surface area is 172 Å². The van der Waals surface area contributed by atoms with E-state index in [4.69, 9.17) is 0 Å². The zero-order valence-electron chi connectivity index (χ0n) is 15.3. The van der Waals surface area contributed by atoms with E-state index in [1.165, 1.54) is 21.8 Å². The second-order valence-corrected chi connectivity index (χ2v) is 8.03. The van der Waals surface area contributed by atoms with Crippen LogP contribution in [0.3, 0.4) is 0 Å². The largest absolute Gasteiger partial charge is 0.322 e. The Morgan fingerprint density at radius 2 is 2.17 bits per heavy atom. The summed E-state index contributed by atoms with van der Waals surface area (Å²) in [6.45, 7) is -0.388. The third-order valence-electron chi connectivity index (χ3n) is 5.34. The van der Waals surface area contributed by atoms with Crippen molar-refractivity contribution in [2.45, 2.75) is 38.3 Å². The van der Waals surface area contributed by atoms with Crippen LogP contribution in [-0.2, 0) is 25.4 Å². The van der Waals surface area contributed by atoms with Crippen molar-refractivity contribution in [2.75, 3.05) is 18.5 Å². The molecule has 0 saturated heterocycles. The summed E-state index contributed by atoms with van der Waals surface area (Å²) in [5, 5.41) is 6.75. The van der Waals surface area contributed by atoms with Gasteiger partial charge in [-0.3, -0.25) is 9.07 Å². The van der Waals surface area contributed by atoms with Gasteiger partial charge in [-0.2, -0.15) is 13.9 Å². The molecule has 0 fully saturated rings. The molecule has 0 radical (unpaired) electrons. The molecule has 2 aromatic rings. The molecule has 2 aliphatic heterocycles. The molecule has 1 unspecified atom stereocenters. The molecule has 1 N–H and O–H groups in total. The fraction of sp³-hybridized carbons (Fsp3) is 0.500. The summed E-state index contributed by atoms with van der Waals surface area (Å²) in [6.07, 6.45) is 1.36. The highest BCUT2D eigenvalue weighted by molar-refractivity contribution is 9.10. The molecule has 1 atom stereocenters. The third-order valence-corrected chi connectivity index (χ3v) is 5.89. The first kappa shape index (κ1) is 20.1. The number of carbonyl (C=O) groups excluding carboxylic acids is 1. The van der Waals surface area contributed by atoms with E-state index in [1.54, 1.807) is 0 Å².